The number of rotatable bonds is 6. The molecular weight excluding hydrogens is 292 g/mol. The van der Waals surface area contributed by atoms with Gasteiger partial charge in [-0.2, -0.15) is 4.98 Å². The van der Waals surface area contributed by atoms with Crippen LogP contribution in [0.4, 0.5) is 5.69 Å². The van der Waals surface area contributed by atoms with E-state index in [-0.39, 0.29) is 18.4 Å². The van der Waals surface area contributed by atoms with Gasteiger partial charge in [-0.25, -0.2) is 0 Å². The van der Waals surface area contributed by atoms with Crippen LogP contribution >= 0.6 is 0 Å². The molecule has 0 fully saturated rings. The van der Waals surface area contributed by atoms with Crippen molar-refractivity contribution in [2.24, 2.45) is 0 Å². The van der Waals surface area contributed by atoms with Crippen molar-refractivity contribution >= 4 is 11.6 Å². The summed E-state index contributed by atoms with van der Waals surface area (Å²) in [5, 5.41) is 6.73. The summed E-state index contributed by atoms with van der Waals surface area (Å²) in [7, 11) is 1.82. The molecule has 1 heterocycles. The van der Waals surface area contributed by atoms with Crippen molar-refractivity contribution in [3.8, 4) is 12.3 Å². The summed E-state index contributed by atoms with van der Waals surface area (Å²) in [6.45, 7) is 4.62. The molecule has 0 aliphatic rings. The van der Waals surface area contributed by atoms with Gasteiger partial charge >= 0.3 is 0 Å². The molecule has 0 aliphatic heterocycles. The largest absolute Gasteiger partial charge is 0.339 e. The molecule has 0 atom stereocenters. The second kappa shape index (κ2) is 7.56. The highest BCUT2D eigenvalue weighted by atomic mass is 16.5. The summed E-state index contributed by atoms with van der Waals surface area (Å²) < 4.78 is 5.15. The Kier molecular flexibility index (Phi) is 5.50. The van der Waals surface area contributed by atoms with Crippen molar-refractivity contribution in [3.05, 3.63) is 41.5 Å². The summed E-state index contributed by atoms with van der Waals surface area (Å²) in [6.07, 6.45) is 5.35. The predicted octanol–water partition coefficient (Wildman–Crippen LogP) is 2.24. The summed E-state index contributed by atoms with van der Waals surface area (Å²) in [4.78, 5) is 18.2. The highest BCUT2D eigenvalue weighted by Gasteiger charge is 2.13. The number of carbonyl (C=O) groups is 1. The van der Waals surface area contributed by atoms with E-state index in [1.165, 1.54) is 0 Å². The molecular formula is C17H20N4O2. The predicted molar refractivity (Wildman–Crippen MR) is 87.7 cm³/mol. The average Bonchev–Trinajstić information content (AvgIpc) is 2.95. The van der Waals surface area contributed by atoms with E-state index in [1.807, 2.05) is 31.9 Å². The molecule has 0 unspecified atom stereocenters. The maximum atomic E-state index is 12.1. The number of likely N-dealkylation sites (N-methyl/N-ethyl adjacent to an activating group) is 1. The smallest absolute Gasteiger partial charge is 0.238 e. The summed E-state index contributed by atoms with van der Waals surface area (Å²) in [5.74, 6) is 3.76. The van der Waals surface area contributed by atoms with Crippen LogP contribution in [-0.2, 0) is 11.3 Å². The second-order valence-electron chi connectivity index (χ2n) is 5.65. The standard InChI is InChI=1S/C17H20N4O2/c1-5-13-7-6-8-14(9-13)18-16(22)11-21(4)10-15-19-17(12(2)3)23-20-15/h1,6-9,12H,10-11H2,2-4H3,(H,18,22). The Morgan fingerprint density at radius 1 is 1.48 bits per heavy atom. The molecule has 6 heteroatoms. The van der Waals surface area contributed by atoms with E-state index in [9.17, 15) is 4.79 Å². The second-order valence-corrected chi connectivity index (χ2v) is 5.65. The highest BCUT2D eigenvalue weighted by Crippen LogP contribution is 2.12. The van der Waals surface area contributed by atoms with Gasteiger partial charge in [0, 0.05) is 17.2 Å². The number of nitrogens with one attached hydrogen (secondary N) is 1. The topological polar surface area (TPSA) is 71.3 Å². The molecule has 0 spiro atoms. The van der Waals surface area contributed by atoms with Gasteiger partial charge < -0.3 is 9.84 Å². The molecule has 6 nitrogen and oxygen atoms in total. The van der Waals surface area contributed by atoms with Gasteiger partial charge in [-0.05, 0) is 25.2 Å². The monoisotopic (exact) mass is 312 g/mol. The Hall–Kier alpha value is -2.65. The van der Waals surface area contributed by atoms with E-state index in [4.69, 9.17) is 10.9 Å². The van der Waals surface area contributed by atoms with E-state index in [2.05, 4.69) is 21.4 Å². The van der Waals surface area contributed by atoms with Crippen molar-refractivity contribution in [2.75, 3.05) is 18.9 Å². The lowest BCUT2D eigenvalue weighted by molar-refractivity contribution is -0.117. The number of terminal acetylenes is 1. The number of benzene rings is 1. The molecule has 1 aromatic carbocycles. The third-order valence-corrected chi connectivity index (χ3v) is 3.12. The van der Waals surface area contributed by atoms with Crippen molar-refractivity contribution in [1.29, 1.82) is 0 Å². The van der Waals surface area contributed by atoms with E-state index in [1.54, 1.807) is 18.2 Å². The normalized spacial score (nSPS) is 10.8. The van der Waals surface area contributed by atoms with Crippen molar-refractivity contribution < 1.29 is 9.32 Å². The van der Waals surface area contributed by atoms with E-state index >= 15 is 0 Å². The van der Waals surface area contributed by atoms with E-state index < -0.39 is 0 Å². The molecule has 23 heavy (non-hydrogen) atoms. The van der Waals surface area contributed by atoms with Crippen LogP contribution < -0.4 is 5.32 Å². The fraction of sp³-hybridized carbons (Fsp3) is 0.353. The first-order valence-corrected chi connectivity index (χ1v) is 7.35. The van der Waals surface area contributed by atoms with Gasteiger partial charge in [0.15, 0.2) is 5.82 Å². The van der Waals surface area contributed by atoms with Crippen LogP contribution in [0.25, 0.3) is 0 Å². The third-order valence-electron chi connectivity index (χ3n) is 3.12. The van der Waals surface area contributed by atoms with Crippen LogP contribution in [0.5, 0.6) is 0 Å². The molecule has 0 saturated heterocycles. The van der Waals surface area contributed by atoms with Crippen molar-refractivity contribution in [3.63, 3.8) is 0 Å². The number of aromatic nitrogens is 2. The van der Waals surface area contributed by atoms with Gasteiger partial charge in [0.25, 0.3) is 0 Å². The van der Waals surface area contributed by atoms with Gasteiger partial charge in [-0.3, -0.25) is 9.69 Å². The SMILES string of the molecule is C#Cc1cccc(NC(=O)CN(C)Cc2noc(C(C)C)n2)c1. The summed E-state index contributed by atoms with van der Waals surface area (Å²) in [5.41, 5.74) is 1.41. The minimum absolute atomic E-state index is 0.130. The minimum atomic E-state index is -0.130. The van der Waals surface area contributed by atoms with Crippen LogP contribution in [0.1, 0.15) is 37.0 Å². The average molecular weight is 312 g/mol. The highest BCUT2D eigenvalue weighted by molar-refractivity contribution is 5.92. The Morgan fingerprint density at radius 3 is 2.91 bits per heavy atom. The number of anilines is 1. The molecule has 0 bridgehead atoms. The Balaban J connectivity index is 1.87. The molecule has 1 N–H and O–H groups in total. The van der Waals surface area contributed by atoms with Gasteiger partial charge in [0.05, 0.1) is 13.1 Å². The van der Waals surface area contributed by atoms with Crippen LogP contribution in [0.15, 0.2) is 28.8 Å². The Bertz CT molecular complexity index is 715. The Labute approximate surface area is 135 Å². The maximum absolute atomic E-state index is 12.1. The molecule has 0 radical (unpaired) electrons. The fourth-order valence-electron chi connectivity index (χ4n) is 2.00. The summed E-state index contributed by atoms with van der Waals surface area (Å²) in [6, 6.07) is 7.17. The number of carbonyl (C=O) groups excluding carboxylic acids is 1. The van der Waals surface area contributed by atoms with Gasteiger partial charge in [0.2, 0.25) is 11.8 Å². The quantitative estimate of drug-likeness (QED) is 0.828. The molecule has 2 rings (SSSR count). The first-order chi connectivity index (χ1) is 11.0. The molecule has 0 aliphatic carbocycles. The zero-order valence-corrected chi connectivity index (χ0v) is 13.5. The van der Waals surface area contributed by atoms with Crippen LogP contribution in [0.2, 0.25) is 0 Å². The van der Waals surface area contributed by atoms with Crippen molar-refractivity contribution in [2.45, 2.75) is 26.3 Å². The van der Waals surface area contributed by atoms with Gasteiger partial charge in [-0.15, -0.1) is 6.42 Å². The molecule has 0 saturated carbocycles. The van der Waals surface area contributed by atoms with Crippen LogP contribution in [0, 0.1) is 12.3 Å². The van der Waals surface area contributed by atoms with Gasteiger partial charge in [0.1, 0.15) is 0 Å². The van der Waals surface area contributed by atoms with Gasteiger partial charge in [-0.1, -0.05) is 31.0 Å². The summed E-state index contributed by atoms with van der Waals surface area (Å²) >= 11 is 0. The first-order valence-electron chi connectivity index (χ1n) is 7.35. The van der Waals surface area contributed by atoms with E-state index in [0.29, 0.717) is 23.9 Å². The van der Waals surface area contributed by atoms with Crippen LogP contribution in [-0.4, -0.2) is 34.5 Å². The number of nitrogens with zero attached hydrogens (tertiary/aromatic N) is 3. The zero-order valence-electron chi connectivity index (χ0n) is 13.5. The first kappa shape index (κ1) is 16.7. The molecule has 2 aromatic rings. The third kappa shape index (κ3) is 4.94. The Morgan fingerprint density at radius 2 is 2.26 bits per heavy atom. The molecule has 120 valence electrons. The lowest BCUT2D eigenvalue weighted by Gasteiger charge is -2.14. The maximum Gasteiger partial charge on any atom is 0.238 e. The lowest BCUT2D eigenvalue weighted by Crippen LogP contribution is -2.30. The number of hydrogen-bond acceptors (Lipinski definition) is 5. The zero-order chi connectivity index (χ0) is 16.8. The number of hydrogen-bond donors (Lipinski definition) is 1. The van der Waals surface area contributed by atoms with Crippen LogP contribution in [0.3, 0.4) is 0 Å². The number of amides is 1. The van der Waals surface area contributed by atoms with Crippen molar-refractivity contribution in [1.82, 2.24) is 15.0 Å². The minimum Gasteiger partial charge on any atom is -0.339 e. The molecule has 1 aromatic heterocycles. The molecule has 1 amide bonds. The lowest BCUT2D eigenvalue weighted by atomic mass is 10.2. The fourth-order valence-corrected chi connectivity index (χ4v) is 2.00. The van der Waals surface area contributed by atoms with E-state index in [0.717, 1.165) is 5.56 Å².